The fourth-order valence-electron chi connectivity index (χ4n) is 4.02. The Bertz CT molecular complexity index is 384. The highest BCUT2D eigenvalue weighted by molar-refractivity contribution is 5.42. The predicted octanol–water partition coefficient (Wildman–Crippen LogP) is 6.36. The zero-order chi connectivity index (χ0) is 16.3. The number of aromatic nitrogens is 1. The number of hydrogen-bond donors (Lipinski definition) is 0. The SMILES string of the molecule is CCCCCCC1CCC(CCCCCC)N1c1ccccn1. The van der Waals surface area contributed by atoms with Gasteiger partial charge in [-0.05, 0) is 37.8 Å². The summed E-state index contributed by atoms with van der Waals surface area (Å²) in [5.74, 6) is 1.21. The number of hydrogen-bond acceptors (Lipinski definition) is 2. The quantitative estimate of drug-likeness (QED) is 0.441. The van der Waals surface area contributed by atoms with Crippen molar-refractivity contribution in [3.8, 4) is 0 Å². The lowest BCUT2D eigenvalue weighted by atomic mass is 10.0. The average molecular weight is 317 g/mol. The fraction of sp³-hybridized carbons (Fsp3) is 0.762. The molecule has 1 fully saturated rings. The van der Waals surface area contributed by atoms with Gasteiger partial charge in [-0.15, -0.1) is 0 Å². The van der Waals surface area contributed by atoms with Gasteiger partial charge in [0.2, 0.25) is 0 Å². The van der Waals surface area contributed by atoms with Gasteiger partial charge in [-0.3, -0.25) is 0 Å². The third kappa shape index (κ3) is 5.82. The smallest absolute Gasteiger partial charge is 0.128 e. The van der Waals surface area contributed by atoms with Gasteiger partial charge in [0.15, 0.2) is 0 Å². The van der Waals surface area contributed by atoms with Gasteiger partial charge >= 0.3 is 0 Å². The third-order valence-corrected chi connectivity index (χ3v) is 5.32. The maximum atomic E-state index is 4.68. The fourth-order valence-corrected chi connectivity index (χ4v) is 4.02. The largest absolute Gasteiger partial charge is 0.351 e. The molecule has 0 aromatic carbocycles. The first kappa shape index (κ1) is 18.3. The minimum Gasteiger partial charge on any atom is -0.351 e. The topological polar surface area (TPSA) is 16.1 Å². The lowest BCUT2D eigenvalue weighted by Gasteiger charge is -2.32. The van der Waals surface area contributed by atoms with Crippen molar-refractivity contribution in [2.45, 2.75) is 103 Å². The molecule has 2 nitrogen and oxygen atoms in total. The van der Waals surface area contributed by atoms with Crippen LogP contribution < -0.4 is 4.90 Å². The summed E-state index contributed by atoms with van der Waals surface area (Å²) < 4.78 is 0. The van der Waals surface area contributed by atoms with E-state index in [-0.39, 0.29) is 0 Å². The van der Waals surface area contributed by atoms with Crippen LogP contribution in [0.1, 0.15) is 90.9 Å². The predicted molar refractivity (Wildman–Crippen MR) is 101 cm³/mol. The highest BCUT2D eigenvalue weighted by Gasteiger charge is 2.33. The van der Waals surface area contributed by atoms with Crippen LogP contribution in [0.3, 0.4) is 0 Å². The van der Waals surface area contributed by atoms with Crippen LogP contribution in [0.2, 0.25) is 0 Å². The van der Waals surface area contributed by atoms with E-state index < -0.39 is 0 Å². The number of pyridine rings is 1. The highest BCUT2D eigenvalue weighted by Crippen LogP contribution is 2.34. The van der Waals surface area contributed by atoms with Gasteiger partial charge in [0, 0.05) is 18.3 Å². The van der Waals surface area contributed by atoms with E-state index in [1.54, 1.807) is 0 Å². The molecule has 2 heteroatoms. The summed E-state index contributed by atoms with van der Waals surface area (Å²) in [4.78, 5) is 7.35. The van der Waals surface area contributed by atoms with Crippen molar-refractivity contribution in [2.75, 3.05) is 4.90 Å². The molecule has 0 saturated carbocycles. The molecule has 1 aliphatic rings. The van der Waals surface area contributed by atoms with Crippen molar-refractivity contribution >= 4 is 5.82 Å². The van der Waals surface area contributed by atoms with Crippen LogP contribution in [0.4, 0.5) is 5.82 Å². The van der Waals surface area contributed by atoms with Crippen LogP contribution in [0.15, 0.2) is 24.4 Å². The summed E-state index contributed by atoms with van der Waals surface area (Å²) >= 11 is 0. The Morgan fingerprint density at radius 2 is 1.48 bits per heavy atom. The molecule has 0 N–H and O–H groups in total. The molecule has 1 saturated heterocycles. The third-order valence-electron chi connectivity index (χ3n) is 5.32. The van der Waals surface area contributed by atoms with Gasteiger partial charge in [-0.1, -0.05) is 71.3 Å². The van der Waals surface area contributed by atoms with E-state index in [0.717, 1.165) is 12.1 Å². The molecule has 2 unspecified atom stereocenters. The Labute approximate surface area is 143 Å². The van der Waals surface area contributed by atoms with Gasteiger partial charge < -0.3 is 4.90 Å². The first-order valence-electron chi connectivity index (χ1n) is 10.1. The Morgan fingerprint density at radius 1 is 0.870 bits per heavy atom. The minimum absolute atomic E-state index is 0.720. The molecule has 0 aliphatic carbocycles. The standard InChI is InChI=1S/C21H36N2/c1-3-5-7-9-13-19-16-17-20(14-10-8-6-4-2)23(19)21-15-11-12-18-22-21/h11-12,15,18-20H,3-10,13-14,16-17H2,1-2H3. The summed E-state index contributed by atoms with van der Waals surface area (Å²) in [6.07, 6.45) is 18.3. The molecule has 0 bridgehead atoms. The molecule has 2 atom stereocenters. The molecule has 0 amide bonds. The van der Waals surface area contributed by atoms with Crippen molar-refractivity contribution in [1.82, 2.24) is 4.98 Å². The van der Waals surface area contributed by atoms with E-state index in [2.05, 4.69) is 35.9 Å². The molecule has 1 aromatic rings. The number of anilines is 1. The average Bonchev–Trinajstić information content (AvgIpc) is 2.99. The van der Waals surface area contributed by atoms with Gasteiger partial charge in [-0.2, -0.15) is 0 Å². The maximum absolute atomic E-state index is 4.68. The van der Waals surface area contributed by atoms with E-state index in [0.29, 0.717) is 0 Å². The molecule has 0 spiro atoms. The summed E-state index contributed by atoms with van der Waals surface area (Å²) in [6, 6.07) is 7.83. The van der Waals surface area contributed by atoms with Crippen LogP contribution >= 0.6 is 0 Å². The van der Waals surface area contributed by atoms with Crippen molar-refractivity contribution < 1.29 is 0 Å². The monoisotopic (exact) mass is 316 g/mol. The van der Waals surface area contributed by atoms with Gasteiger partial charge in [-0.25, -0.2) is 4.98 Å². The summed E-state index contributed by atoms with van der Waals surface area (Å²) in [5, 5.41) is 0. The number of nitrogens with zero attached hydrogens (tertiary/aromatic N) is 2. The molecule has 1 aliphatic heterocycles. The molecule has 23 heavy (non-hydrogen) atoms. The Kier molecular flexibility index (Phi) is 8.49. The number of unbranched alkanes of at least 4 members (excludes halogenated alkanes) is 6. The molecule has 2 heterocycles. The van der Waals surface area contributed by atoms with E-state index in [1.165, 1.54) is 82.9 Å². The van der Waals surface area contributed by atoms with Gasteiger partial charge in [0.05, 0.1) is 0 Å². The first-order valence-corrected chi connectivity index (χ1v) is 10.1. The van der Waals surface area contributed by atoms with Crippen molar-refractivity contribution in [3.63, 3.8) is 0 Å². The summed E-state index contributed by atoms with van der Waals surface area (Å²) in [5.41, 5.74) is 0. The van der Waals surface area contributed by atoms with E-state index in [4.69, 9.17) is 0 Å². The molecule has 130 valence electrons. The lowest BCUT2D eigenvalue weighted by Crippen LogP contribution is -2.36. The molecule has 1 aromatic heterocycles. The van der Waals surface area contributed by atoms with Crippen molar-refractivity contribution in [1.29, 1.82) is 0 Å². The molecule has 0 radical (unpaired) electrons. The van der Waals surface area contributed by atoms with Crippen LogP contribution in [0, 0.1) is 0 Å². The first-order chi connectivity index (χ1) is 11.4. The Morgan fingerprint density at radius 3 is 1.96 bits per heavy atom. The zero-order valence-electron chi connectivity index (χ0n) is 15.3. The second-order valence-corrected chi connectivity index (χ2v) is 7.18. The van der Waals surface area contributed by atoms with Crippen molar-refractivity contribution in [3.05, 3.63) is 24.4 Å². The molecule has 2 rings (SSSR count). The van der Waals surface area contributed by atoms with E-state index in [1.807, 2.05) is 12.3 Å². The maximum Gasteiger partial charge on any atom is 0.128 e. The lowest BCUT2D eigenvalue weighted by molar-refractivity contribution is 0.509. The molecular formula is C21H36N2. The van der Waals surface area contributed by atoms with Crippen LogP contribution in [0.5, 0.6) is 0 Å². The van der Waals surface area contributed by atoms with Crippen LogP contribution in [0.25, 0.3) is 0 Å². The summed E-state index contributed by atoms with van der Waals surface area (Å²) in [6.45, 7) is 4.59. The zero-order valence-corrected chi connectivity index (χ0v) is 15.3. The molecular weight excluding hydrogens is 280 g/mol. The minimum atomic E-state index is 0.720. The second-order valence-electron chi connectivity index (χ2n) is 7.18. The second kappa shape index (κ2) is 10.7. The van der Waals surface area contributed by atoms with Crippen LogP contribution in [-0.2, 0) is 0 Å². The normalized spacial score (nSPS) is 21.0. The highest BCUT2D eigenvalue weighted by atomic mass is 15.3. The summed E-state index contributed by atoms with van der Waals surface area (Å²) in [7, 11) is 0. The van der Waals surface area contributed by atoms with E-state index >= 15 is 0 Å². The Balaban J connectivity index is 1.93. The van der Waals surface area contributed by atoms with Crippen molar-refractivity contribution in [2.24, 2.45) is 0 Å². The van der Waals surface area contributed by atoms with Crippen LogP contribution in [-0.4, -0.2) is 17.1 Å². The van der Waals surface area contributed by atoms with Gasteiger partial charge in [0.25, 0.3) is 0 Å². The Hall–Kier alpha value is -1.05. The van der Waals surface area contributed by atoms with Gasteiger partial charge in [0.1, 0.15) is 5.82 Å². The van der Waals surface area contributed by atoms with E-state index in [9.17, 15) is 0 Å². The number of rotatable bonds is 11.